The summed E-state index contributed by atoms with van der Waals surface area (Å²) >= 11 is 0. The Morgan fingerprint density at radius 2 is 2.39 bits per heavy atom. The third-order valence-electron chi connectivity index (χ3n) is 4.22. The number of nitrogens with zero attached hydrogens (tertiary/aromatic N) is 3. The summed E-state index contributed by atoms with van der Waals surface area (Å²) in [6.07, 6.45) is 4.56. The lowest BCUT2D eigenvalue weighted by molar-refractivity contribution is 0.156. The van der Waals surface area contributed by atoms with Gasteiger partial charge in [-0.3, -0.25) is 4.68 Å². The fourth-order valence-electron chi connectivity index (χ4n) is 2.79. The Balaban J connectivity index is 1.80. The Morgan fingerprint density at radius 1 is 1.56 bits per heavy atom. The Labute approximate surface area is 110 Å². The summed E-state index contributed by atoms with van der Waals surface area (Å²) in [6.45, 7) is 9.21. The van der Waals surface area contributed by atoms with Gasteiger partial charge in [0.1, 0.15) is 0 Å². The first-order valence-corrected chi connectivity index (χ1v) is 7.13. The fraction of sp³-hybridized carbons (Fsp3) is 0.786. The zero-order valence-corrected chi connectivity index (χ0v) is 11.9. The van der Waals surface area contributed by atoms with Crippen LogP contribution in [-0.2, 0) is 13.6 Å². The van der Waals surface area contributed by atoms with E-state index in [1.165, 1.54) is 38.2 Å². The molecule has 2 atom stereocenters. The highest BCUT2D eigenvalue weighted by Crippen LogP contribution is 2.19. The molecule has 1 fully saturated rings. The van der Waals surface area contributed by atoms with Crippen LogP contribution in [0.1, 0.15) is 32.4 Å². The summed E-state index contributed by atoms with van der Waals surface area (Å²) in [4.78, 5) is 2.57. The summed E-state index contributed by atoms with van der Waals surface area (Å²) in [6, 6.07) is 2.66. The van der Waals surface area contributed by atoms with E-state index in [1.807, 2.05) is 17.9 Å². The first kappa shape index (κ1) is 13.6. The molecule has 1 aromatic heterocycles. The van der Waals surface area contributed by atoms with Gasteiger partial charge in [0.15, 0.2) is 0 Å². The normalized spacial score (nSPS) is 23.2. The molecule has 0 bridgehead atoms. The van der Waals surface area contributed by atoms with Crippen LogP contribution in [0.2, 0.25) is 0 Å². The maximum atomic E-state index is 4.20. The van der Waals surface area contributed by atoms with Gasteiger partial charge in [-0.15, -0.1) is 0 Å². The number of hydrogen-bond acceptors (Lipinski definition) is 3. The summed E-state index contributed by atoms with van der Waals surface area (Å²) in [7, 11) is 2.00. The van der Waals surface area contributed by atoms with Crippen LogP contribution >= 0.6 is 0 Å². The molecular formula is C14H26N4. The van der Waals surface area contributed by atoms with E-state index in [9.17, 15) is 0 Å². The van der Waals surface area contributed by atoms with Gasteiger partial charge in [-0.05, 0) is 44.8 Å². The Hall–Kier alpha value is -0.870. The molecule has 0 spiro atoms. The van der Waals surface area contributed by atoms with Crippen molar-refractivity contribution in [3.8, 4) is 0 Å². The third-order valence-corrected chi connectivity index (χ3v) is 4.22. The largest absolute Gasteiger partial charge is 0.308 e. The van der Waals surface area contributed by atoms with E-state index in [4.69, 9.17) is 0 Å². The molecule has 1 aliphatic heterocycles. The quantitative estimate of drug-likeness (QED) is 0.862. The third kappa shape index (κ3) is 3.33. The van der Waals surface area contributed by atoms with Crippen molar-refractivity contribution in [3.05, 3.63) is 18.0 Å². The molecule has 4 heteroatoms. The average molecular weight is 250 g/mol. The fourth-order valence-corrected chi connectivity index (χ4v) is 2.79. The van der Waals surface area contributed by atoms with Crippen LogP contribution < -0.4 is 5.32 Å². The molecule has 1 aliphatic rings. The standard InChI is InChI=1S/C14H26N4/c1-4-18-9-5-6-13(11-18)12(2)15-10-14-7-8-16-17(14)3/h7-8,12-13,15H,4-6,9-11H2,1-3H3. The van der Waals surface area contributed by atoms with Gasteiger partial charge in [-0.2, -0.15) is 5.10 Å². The molecule has 18 heavy (non-hydrogen) atoms. The maximum Gasteiger partial charge on any atom is 0.0518 e. The minimum Gasteiger partial charge on any atom is -0.308 e. The second-order valence-corrected chi connectivity index (χ2v) is 5.41. The van der Waals surface area contributed by atoms with Crippen molar-refractivity contribution in [1.82, 2.24) is 20.0 Å². The lowest BCUT2D eigenvalue weighted by atomic mass is 9.91. The Kier molecular flexibility index (Phi) is 4.78. The van der Waals surface area contributed by atoms with Gasteiger partial charge in [0.05, 0.1) is 5.69 Å². The lowest BCUT2D eigenvalue weighted by Gasteiger charge is -2.35. The molecule has 0 amide bonds. The molecule has 0 aromatic carbocycles. The van der Waals surface area contributed by atoms with Gasteiger partial charge in [-0.1, -0.05) is 6.92 Å². The van der Waals surface area contributed by atoms with Crippen molar-refractivity contribution in [2.45, 2.75) is 39.3 Å². The predicted molar refractivity (Wildman–Crippen MR) is 74.3 cm³/mol. The first-order chi connectivity index (χ1) is 8.70. The van der Waals surface area contributed by atoms with Crippen molar-refractivity contribution in [3.63, 3.8) is 0 Å². The van der Waals surface area contributed by atoms with Crippen LogP contribution in [0.15, 0.2) is 12.3 Å². The smallest absolute Gasteiger partial charge is 0.0518 e. The van der Waals surface area contributed by atoms with Gasteiger partial charge in [0, 0.05) is 32.4 Å². The molecule has 4 nitrogen and oxygen atoms in total. The molecule has 1 saturated heterocycles. The number of aromatic nitrogens is 2. The molecule has 102 valence electrons. The van der Waals surface area contributed by atoms with Crippen LogP contribution in [0.5, 0.6) is 0 Å². The molecule has 2 unspecified atom stereocenters. The van der Waals surface area contributed by atoms with Crippen LogP contribution in [-0.4, -0.2) is 40.4 Å². The van der Waals surface area contributed by atoms with Gasteiger partial charge < -0.3 is 10.2 Å². The average Bonchev–Trinajstić information content (AvgIpc) is 2.81. The molecule has 2 rings (SSSR count). The van der Waals surface area contributed by atoms with Crippen LogP contribution in [0, 0.1) is 5.92 Å². The number of rotatable bonds is 5. The van der Waals surface area contributed by atoms with Crippen LogP contribution in [0.3, 0.4) is 0 Å². The molecule has 1 N–H and O–H groups in total. The zero-order chi connectivity index (χ0) is 13.0. The van der Waals surface area contributed by atoms with E-state index in [0.717, 1.165) is 12.5 Å². The van der Waals surface area contributed by atoms with E-state index in [-0.39, 0.29) is 0 Å². The van der Waals surface area contributed by atoms with E-state index < -0.39 is 0 Å². The van der Waals surface area contributed by atoms with Gasteiger partial charge >= 0.3 is 0 Å². The van der Waals surface area contributed by atoms with Gasteiger partial charge in [-0.25, -0.2) is 0 Å². The zero-order valence-electron chi connectivity index (χ0n) is 11.9. The number of likely N-dealkylation sites (tertiary alicyclic amines) is 1. The number of aryl methyl sites for hydroxylation is 1. The monoisotopic (exact) mass is 250 g/mol. The minimum atomic E-state index is 0.578. The predicted octanol–water partition coefficient (Wildman–Crippen LogP) is 1.63. The van der Waals surface area contributed by atoms with Crippen molar-refractivity contribution < 1.29 is 0 Å². The van der Waals surface area contributed by atoms with Crippen molar-refractivity contribution in [2.75, 3.05) is 19.6 Å². The van der Waals surface area contributed by atoms with E-state index in [0.29, 0.717) is 6.04 Å². The van der Waals surface area contributed by atoms with E-state index >= 15 is 0 Å². The summed E-state index contributed by atoms with van der Waals surface area (Å²) < 4.78 is 1.94. The van der Waals surface area contributed by atoms with Crippen molar-refractivity contribution in [1.29, 1.82) is 0 Å². The molecule has 0 saturated carbocycles. The lowest BCUT2D eigenvalue weighted by Crippen LogP contribution is -2.44. The number of nitrogens with one attached hydrogen (secondary N) is 1. The molecular weight excluding hydrogens is 224 g/mol. The highest BCUT2D eigenvalue weighted by Gasteiger charge is 2.23. The first-order valence-electron chi connectivity index (χ1n) is 7.13. The van der Waals surface area contributed by atoms with Gasteiger partial charge in [0.2, 0.25) is 0 Å². The van der Waals surface area contributed by atoms with Crippen molar-refractivity contribution in [2.24, 2.45) is 13.0 Å². The highest BCUT2D eigenvalue weighted by atomic mass is 15.3. The molecule has 0 aliphatic carbocycles. The number of piperidine rings is 1. The Bertz CT molecular complexity index is 360. The molecule has 1 aromatic rings. The summed E-state index contributed by atoms with van der Waals surface area (Å²) in [5.41, 5.74) is 1.25. The molecule has 0 radical (unpaired) electrons. The summed E-state index contributed by atoms with van der Waals surface area (Å²) in [5, 5.41) is 7.85. The van der Waals surface area contributed by atoms with Crippen LogP contribution in [0.25, 0.3) is 0 Å². The second kappa shape index (κ2) is 6.34. The topological polar surface area (TPSA) is 33.1 Å². The second-order valence-electron chi connectivity index (χ2n) is 5.41. The van der Waals surface area contributed by atoms with E-state index in [1.54, 1.807) is 0 Å². The number of hydrogen-bond donors (Lipinski definition) is 1. The van der Waals surface area contributed by atoms with Gasteiger partial charge in [0.25, 0.3) is 0 Å². The SMILES string of the molecule is CCN1CCCC(C(C)NCc2ccnn2C)C1. The van der Waals surface area contributed by atoms with Crippen molar-refractivity contribution >= 4 is 0 Å². The van der Waals surface area contributed by atoms with E-state index in [2.05, 4.69) is 35.2 Å². The maximum absolute atomic E-state index is 4.20. The van der Waals surface area contributed by atoms with Crippen LogP contribution in [0.4, 0.5) is 0 Å². The minimum absolute atomic E-state index is 0.578. The summed E-state index contributed by atoms with van der Waals surface area (Å²) in [5.74, 6) is 0.784. The highest BCUT2D eigenvalue weighted by molar-refractivity contribution is 4.99. The Morgan fingerprint density at radius 3 is 3.06 bits per heavy atom. The molecule has 2 heterocycles.